The molecule has 176 valence electrons. The van der Waals surface area contributed by atoms with Crippen LogP contribution in [-0.2, 0) is 27.5 Å². The zero-order chi connectivity index (χ0) is 23.1. The molecule has 4 nitrogen and oxygen atoms in total. The first-order valence-electron chi connectivity index (χ1n) is 12.1. The van der Waals surface area contributed by atoms with Crippen molar-refractivity contribution in [1.82, 2.24) is 0 Å². The molecular formula is C29H36O4. The van der Waals surface area contributed by atoms with Crippen LogP contribution in [0.3, 0.4) is 0 Å². The molecule has 0 bridgehead atoms. The van der Waals surface area contributed by atoms with E-state index < -0.39 is 0 Å². The van der Waals surface area contributed by atoms with Crippen molar-refractivity contribution in [1.29, 1.82) is 0 Å². The number of ketones is 1. The highest BCUT2D eigenvalue weighted by molar-refractivity contribution is 5.95. The summed E-state index contributed by atoms with van der Waals surface area (Å²) in [5, 5.41) is 0. The van der Waals surface area contributed by atoms with Crippen LogP contribution in [0.1, 0.15) is 62.5 Å². The van der Waals surface area contributed by atoms with Gasteiger partial charge in [0, 0.05) is 18.9 Å². The van der Waals surface area contributed by atoms with Gasteiger partial charge in [0.25, 0.3) is 0 Å². The van der Waals surface area contributed by atoms with Crippen LogP contribution in [0, 0.1) is 17.8 Å². The molecule has 0 heterocycles. The molecule has 2 aromatic carbocycles. The summed E-state index contributed by atoms with van der Waals surface area (Å²) < 4.78 is 17.2. The molecule has 1 aliphatic rings. The Labute approximate surface area is 198 Å². The van der Waals surface area contributed by atoms with E-state index in [1.54, 1.807) is 7.11 Å². The Morgan fingerprint density at radius 2 is 1.70 bits per heavy atom. The van der Waals surface area contributed by atoms with Crippen LogP contribution in [0.15, 0.2) is 54.6 Å². The fraction of sp³-hybridized carbons (Fsp3) is 0.483. The minimum atomic E-state index is -0.166. The predicted molar refractivity (Wildman–Crippen MR) is 131 cm³/mol. The number of rotatable bonds is 12. The zero-order valence-corrected chi connectivity index (χ0v) is 19.8. The molecule has 1 unspecified atom stereocenters. The van der Waals surface area contributed by atoms with Gasteiger partial charge in [0.05, 0.1) is 26.4 Å². The van der Waals surface area contributed by atoms with Crippen LogP contribution in [0.25, 0.3) is 0 Å². The van der Waals surface area contributed by atoms with Gasteiger partial charge in [0.2, 0.25) is 5.78 Å². The maximum absolute atomic E-state index is 12.6. The van der Waals surface area contributed by atoms with Gasteiger partial charge in [-0.1, -0.05) is 67.6 Å². The first-order valence-corrected chi connectivity index (χ1v) is 12.1. The Morgan fingerprint density at radius 1 is 0.970 bits per heavy atom. The lowest BCUT2D eigenvalue weighted by atomic mass is 9.89. The van der Waals surface area contributed by atoms with Crippen LogP contribution in [0.5, 0.6) is 5.75 Å². The molecule has 0 aromatic heterocycles. The van der Waals surface area contributed by atoms with Gasteiger partial charge in [-0.25, -0.2) is 0 Å². The fourth-order valence-corrected chi connectivity index (χ4v) is 4.04. The van der Waals surface area contributed by atoms with E-state index in [2.05, 4.69) is 24.0 Å². The van der Waals surface area contributed by atoms with E-state index in [4.69, 9.17) is 14.2 Å². The van der Waals surface area contributed by atoms with Gasteiger partial charge >= 0.3 is 0 Å². The van der Waals surface area contributed by atoms with E-state index in [0.29, 0.717) is 32.2 Å². The average Bonchev–Trinajstić information content (AvgIpc) is 2.87. The number of ether oxygens (including phenoxy) is 3. The summed E-state index contributed by atoms with van der Waals surface area (Å²) in [6.45, 7) is 1.70. The quantitative estimate of drug-likeness (QED) is 0.223. The minimum Gasteiger partial charge on any atom is -0.497 e. The van der Waals surface area contributed by atoms with Crippen molar-refractivity contribution >= 4 is 5.78 Å². The third kappa shape index (κ3) is 9.82. The van der Waals surface area contributed by atoms with Crippen molar-refractivity contribution in [2.24, 2.45) is 5.92 Å². The number of Topliss-reactive ketones (excluding diaryl/α,β-unsaturated/α-hetero) is 1. The molecule has 0 amide bonds. The summed E-state index contributed by atoms with van der Waals surface area (Å²) in [5.41, 5.74) is 2.22. The second kappa shape index (κ2) is 14.5. The summed E-state index contributed by atoms with van der Waals surface area (Å²) in [4.78, 5) is 12.6. The molecule has 1 saturated carbocycles. The summed E-state index contributed by atoms with van der Waals surface area (Å²) in [6, 6.07) is 18.0. The topological polar surface area (TPSA) is 44.8 Å². The Morgan fingerprint density at radius 3 is 2.42 bits per heavy atom. The molecule has 1 atom stereocenters. The standard InChI is InChI=1S/C29H36O4/c1-31-28-18-15-26(16-19-28)23-33-29(13-8-20-32-22-25-11-6-3-7-12-25)21-27(30)17-14-24-9-4-2-5-10-24/h3,6-7,11-12,15-16,18-19,24,29H,2,4-5,8-10,13,20-23H2,1H3. The number of carbonyl (C=O) groups is 1. The van der Waals surface area contributed by atoms with Gasteiger partial charge in [-0.05, 0) is 54.9 Å². The van der Waals surface area contributed by atoms with Crippen molar-refractivity contribution in [2.45, 2.75) is 70.7 Å². The van der Waals surface area contributed by atoms with Gasteiger partial charge in [0.15, 0.2) is 0 Å². The maximum Gasteiger partial charge on any atom is 0.208 e. The van der Waals surface area contributed by atoms with Crippen molar-refractivity contribution in [3.05, 3.63) is 65.7 Å². The monoisotopic (exact) mass is 448 g/mol. The van der Waals surface area contributed by atoms with Gasteiger partial charge in [-0.15, -0.1) is 0 Å². The molecule has 0 aliphatic heterocycles. The third-order valence-electron chi connectivity index (χ3n) is 6.01. The number of benzene rings is 2. The van der Waals surface area contributed by atoms with Gasteiger partial charge in [0.1, 0.15) is 5.75 Å². The van der Waals surface area contributed by atoms with Crippen LogP contribution in [0.2, 0.25) is 0 Å². The molecule has 3 rings (SSSR count). The fourth-order valence-electron chi connectivity index (χ4n) is 4.04. The highest BCUT2D eigenvalue weighted by Crippen LogP contribution is 2.22. The molecule has 1 fully saturated rings. The summed E-state index contributed by atoms with van der Waals surface area (Å²) in [6.07, 6.45) is 7.75. The van der Waals surface area contributed by atoms with Crippen molar-refractivity contribution in [3.8, 4) is 17.6 Å². The van der Waals surface area contributed by atoms with E-state index in [9.17, 15) is 4.79 Å². The second-order valence-electron chi connectivity index (χ2n) is 8.69. The highest BCUT2D eigenvalue weighted by Gasteiger charge is 2.15. The first kappa shape index (κ1) is 25.0. The predicted octanol–water partition coefficient (Wildman–Crippen LogP) is 6.12. The SMILES string of the molecule is COc1ccc(COC(CCCOCc2ccccc2)CC(=O)C#CC2CCCCC2)cc1. The molecular weight excluding hydrogens is 412 g/mol. The van der Waals surface area contributed by atoms with Gasteiger partial charge < -0.3 is 14.2 Å². The first-order chi connectivity index (χ1) is 16.2. The van der Waals surface area contributed by atoms with E-state index in [1.165, 1.54) is 19.3 Å². The van der Waals surface area contributed by atoms with E-state index in [0.717, 1.165) is 42.6 Å². The lowest BCUT2D eigenvalue weighted by molar-refractivity contribution is -0.117. The van der Waals surface area contributed by atoms with Crippen molar-refractivity contribution < 1.29 is 19.0 Å². The third-order valence-corrected chi connectivity index (χ3v) is 6.01. The molecule has 0 radical (unpaired) electrons. The average molecular weight is 449 g/mol. The Hall–Kier alpha value is -2.61. The molecule has 0 saturated heterocycles. The highest BCUT2D eigenvalue weighted by atomic mass is 16.5. The van der Waals surface area contributed by atoms with Crippen LogP contribution >= 0.6 is 0 Å². The maximum atomic E-state index is 12.6. The van der Waals surface area contributed by atoms with Gasteiger partial charge in [-0.2, -0.15) is 0 Å². The lowest BCUT2D eigenvalue weighted by Gasteiger charge is -2.17. The molecule has 0 N–H and O–H groups in total. The van der Waals surface area contributed by atoms with Crippen molar-refractivity contribution in [2.75, 3.05) is 13.7 Å². The summed E-state index contributed by atoms with van der Waals surface area (Å²) in [5.74, 6) is 7.29. The van der Waals surface area contributed by atoms with E-state index in [-0.39, 0.29) is 11.9 Å². The summed E-state index contributed by atoms with van der Waals surface area (Å²) in [7, 11) is 1.65. The largest absolute Gasteiger partial charge is 0.497 e. The normalized spacial score (nSPS) is 14.8. The molecule has 2 aromatic rings. The molecule has 33 heavy (non-hydrogen) atoms. The molecule has 4 heteroatoms. The van der Waals surface area contributed by atoms with Crippen LogP contribution < -0.4 is 4.74 Å². The Kier molecular flexibility index (Phi) is 11.0. The number of hydrogen-bond acceptors (Lipinski definition) is 4. The lowest BCUT2D eigenvalue weighted by Crippen LogP contribution is -2.18. The van der Waals surface area contributed by atoms with Crippen molar-refractivity contribution in [3.63, 3.8) is 0 Å². The Balaban J connectivity index is 1.47. The van der Waals surface area contributed by atoms with E-state index in [1.807, 2.05) is 42.5 Å². The van der Waals surface area contributed by atoms with Crippen LogP contribution in [0.4, 0.5) is 0 Å². The van der Waals surface area contributed by atoms with Crippen LogP contribution in [-0.4, -0.2) is 25.6 Å². The molecule has 0 spiro atoms. The Bertz CT molecular complexity index is 873. The smallest absolute Gasteiger partial charge is 0.208 e. The summed E-state index contributed by atoms with van der Waals surface area (Å²) >= 11 is 0. The molecule has 1 aliphatic carbocycles. The number of methoxy groups -OCH3 is 1. The van der Waals surface area contributed by atoms with Gasteiger partial charge in [-0.3, -0.25) is 4.79 Å². The minimum absolute atomic E-state index is 0.0227. The second-order valence-corrected chi connectivity index (χ2v) is 8.69. The number of hydrogen-bond donors (Lipinski definition) is 0. The zero-order valence-electron chi connectivity index (χ0n) is 19.8. The number of carbonyl (C=O) groups excluding carboxylic acids is 1. The van der Waals surface area contributed by atoms with E-state index >= 15 is 0 Å².